The van der Waals surface area contributed by atoms with Gasteiger partial charge in [-0.3, -0.25) is 9.59 Å². The van der Waals surface area contributed by atoms with Crippen LogP contribution in [0.2, 0.25) is 0 Å². The summed E-state index contributed by atoms with van der Waals surface area (Å²) in [5.41, 5.74) is 1.13. The van der Waals surface area contributed by atoms with Gasteiger partial charge in [-0.1, -0.05) is 12.1 Å². The van der Waals surface area contributed by atoms with E-state index in [1.165, 1.54) is 41.0 Å². The average Bonchev–Trinajstić information content (AvgIpc) is 3.17. The maximum Gasteiger partial charge on any atom is 0.271 e. The SMILES string of the molecule is Cn1ccnc1Sc1ccc(F)cc1NC(=O)C1=NN(Cc2ccc(F)cc2)C(=O)CC1. The highest BCUT2D eigenvalue weighted by atomic mass is 32.2. The molecule has 164 valence electrons. The van der Waals surface area contributed by atoms with Crippen LogP contribution in [0.15, 0.2) is 70.0 Å². The van der Waals surface area contributed by atoms with Gasteiger partial charge in [0.2, 0.25) is 5.91 Å². The molecule has 0 bridgehead atoms. The lowest BCUT2D eigenvalue weighted by Gasteiger charge is -2.23. The van der Waals surface area contributed by atoms with Crippen LogP contribution in [0.5, 0.6) is 0 Å². The van der Waals surface area contributed by atoms with Crippen molar-refractivity contribution in [2.24, 2.45) is 12.1 Å². The Bertz CT molecular complexity index is 1190. The third-order valence-corrected chi connectivity index (χ3v) is 5.93. The van der Waals surface area contributed by atoms with Crippen molar-refractivity contribution >= 4 is 35.0 Å². The molecule has 0 saturated carbocycles. The predicted molar refractivity (Wildman–Crippen MR) is 116 cm³/mol. The van der Waals surface area contributed by atoms with Gasteiger partial charge in [-0.05, 0) is 47.7 Å². The number of amides is 2. The summed E-state index contributed by atoms with van der Waals surface area (Å²) in [4.78, 5) is 30.0. The summed E-state index contributed by atoms with van der Waals surface area (Å²) in [5.74, 6) is -1.63. The van der Waals surface area contributed by atoms with Crippen molar-refractivity contribution in [3.05, 3.63) is 72.1 Å². The lowest BCUT2D eigenvalue weighted by atomic mass is 10.1. The molecule has 0 radical (unpaired) electrons. The monoisotopic (exact) mass is 455 g/mol. The molecule has 4 rings (SSSR count). The molecule has 1 aromatic heterocycles. The van der Waals surface area contributed by atoms with Gasteiger partial charge in [-0.15, -0.1) is 0 Å². The van der Waals surface area contributed by atoms with Crippen molar-refractivity contribution in [3.8, 4) is 0 Å². The molecule has 0 fully saturated rings. The minimum absolute atomic E-state index is 0.117. The standard InChI is InChI=1S/C22H19F2N5O2S/c1-28-11-10-25-22(28)32-19-8-6-16(24)12-18(19)26-21(31)17-7-9-20(30)29(27-17)13-14-2-4-15(23)5-3-14/h2-6,8,10-12H,7,9,13H2,1H3,(H,26,31). The molecule has 2 aromatic carbocycles. The zero-order valence-electron chi connectivity index (χ0n) is 17.1. The molecule has 10 heteroatoms. The molecule has 0 atom stereocenters. The highest BCUT2D eigenvalue weighted by Gasteiger charge is 2.25. The molecule has 0 saturated heterocycles. The van der Waals surface area contributed by atoms with Gasteiger partial charge < -0.3 is 9.88 Å². The van der Waals surface area contributed by atoms with E-state index in [1.54, 1.807) is 30.6 Å². The molecule has 2 heterocycles. The van der Waals surface area contributed by atoms with Gasteiger partial charge in [0, 0.05) is 37.2 Å². The number of carbonyl (C=O) groups is 2. The molecule has 1 N–H and O–H groups in total. The Morgan fingerprint density at radius 2 is 1.88 bits per heavy atom. The van der Waals surface area contributed by atoms with Gasteiger partial charge in [-0.2, -0.15) is 5.10 Å². The summed E-state index contributed by atoms with van der Waals surface area (Å²) >= 11 is 1.28. The van der Waals surface area contributed by atoms with Crippen molar-refractivity contribution < 1.29 is 18.4 Å². The van der Waals surface area contributed by atoms with Crippen molar-refractivity contribution in [2.75, 3.05) is 5.32 Å². The first kappa shape index (κ1) is 21.7. The van der Waals surface area contributed by atoms with Crippen molar-refractivity contribution in [1.82, 2.24) is 14.6 Å². The number of aromatic nitrogens is 2. The van der Waals surface area contributed by atoms with E-state index in [4.69, 9.17) is 0 Å². The summed E-state index contributed by atoms with van der Waals surface area (Å²) in [6, 6.07) is 9.81. The second-order valence-electron chi connectivity index (χ2n) is 7.14. The molecule has 3 aromatic rings. The van der Waals surface area contributed by atoms with Crippen LogP contribution in [-0.4, -0.2) is 32.1 Å². The molecule has 1 aliphatic rings. The number of benzene rings is 2. The fraction of sp³-hybridized carbons (Fsp3) is 0.182. The van der Waals surface area contributed by atoms with E-state index < -0.39 is 11.7 Å². The van der Waals surface area contributed by atoms with Crippen LogP contribution in [0.3, 0.4) is 0 Å². The Morgan fingerprint density at radius 3 is 2.59 bits per heavy atom. The van der Waals surface area contributed by atoms with Crippen LogP contribution in [0.25, 0.3) is 0 Å². The Hall–Kier alpha value is -3.53. The molecular weight excluding hydrogens is 436 g/mol. The maximum atomic E-state index is 13.9. The van der Waals surface area contributed by atoms with Gasteiger partial charge in [0.25, 0.3) is 5.91 Å². The lowest BCUT2D eigenvalue weighted by molar-refractivity contribution is -0.132. The van der Waals surface area contributed by atoms with E-state index in [1.807, 2.05) is 11.6 Å². The molecule has 0 aliphatic carbocycles. The normalized spacial score (nSPS) is 13.8. The largest absolute Gasteiger partial charge is 0.329 e. The van der Waals surface area contributed by atoms with Crippen molar-refractivity contribution in [2.45, 2.75) is 29.4 Å². The number of carbonyl (C=O) groups excluding carboxylic acids is 2. The average molecular weight is 455 g/mol. The topological polar surface area (TPSA) is 79.6 Å². The predicted octanol–water partition coefficient (Wildman–Crippen LogP) is 3.97. The minimum Gasteiger partial charge on any atom is -0.329 e. The Labute approximate surface area is 187 Å². The number of hydrogen-bond donors (Lipinski definition) is 1. The van der Waals surface area contributed by atoms with Crippen molar-refractivity contribution in [1.29, 1.82) is 0 Å². The van der Waals surface area contributed by atoms with Crippen LogP contribution >= 0.6 is 11.8 Å². The number of nitrogens with zero attached hydrogens (tertiary/aromatic N) is 4. The Balaban J connectivity index is 1.52. The number of rotatable bonds is 6. The van der Waals surface area contributed by atoms with Crippen molar-refractivity contribution in [3.63, 3.8) is 0 Å². The second-order valence-corrected chi connectivity index (χ2v) is 8.15. The first-order valence-corrected chi connectivity index (χ1v) is 10.6. The van der Waals surface area contributed by atoms with E-state index in [-0.39, 0.29) is 42.5 Å². The second kappa shape index (κ2) is 9.31. The minimum atomic E-state index is -0.520. The Kier molecular flexibility index (Phi) is 6.31. The summed E-state index contributed by atoms with van der Waals surface area (Å²) in [6.07, 6.45) is 3.72. The third-order valence-electron chi connectivity index (χ3n) is 4.78. The number of nitrogens with one attached hydrogen (secondary N) is 1. The zero-order valence-corrected chi connectivity index (χ0v) is 17.9. The summed E-state index contributed by atoms with van der Waals surface area (Å²) in [6.45, 7) is 0.121. The Morgan fingerprint density at radius 1 is 1.12 bits per heavy atom. The van der Waals surface area contributed by atoms with Gasteiger partial charge in [-0.25, -0.2) is 18.8 Å². The van der Waals surface area contributed by atoms with E-state index in [9.17, 15) is 18.4 Å². The van der Waals surface area contributed by atoms with Gasteiger partial charge in [0.15, 0.2) is 5.16 Å². The van der Waals surface area contributed by atoms with Crippen LogP contribution in [0, 0.1) is 11.6 Å². The molecule has 0 unspecified atom stereocenters. The fourth-order valence-electron chi connectivity index (χ4n) is 3.08. The van der Waals surface area contributed by atoms with Crippen LogP contribution in [-0.2, 0) is 23.2 Å². The lowest BCUT2D eigenvalue weighted by Crippen LogP contribution is -2.36. The fourth-order valence-corrected chi connectivity index (χ4v) is 3.95. The van der Waals surface area contributed by atoms with E-state index in [0.717, 1.165) is 0 Å². The zero-order chi connectivity index (χ0) is 22.7. The van der Waals surface area contributed by atoms with Crippen LogP contribution in [0.4, 0.5) is 14.5 Å². The van der Waals surface area contributed by atoms with Crippen LogP contribution in [0.1, 0.15) is 18.4 Å². The quantitative estimate of drug-likeness (QED) is 0.610. The van der Waals surface area contributed by atoms with Gasteiger partial charge in [0.1, 0.15) is 17.3 Å². The third kappa shape index (κ3) is 5.02. The number of hydrazone groups is 1. The van der Waals surface area contributed by atoms with Gasteiger partial charge in [0.05, 0.1) is 12.2 Å². The maximum absolute atomic E-state index is 13.9. The summed E-state index contributed by atoms with van der Waals surface area (Å²) in [5, 5.41) is 8.77. The first-order chi connectivity index (χ1) is 15.4. The summed E-state index contributed by atoms with van der Waals surface area (Å²) in [7, 11) is 1.83. The number of hydrogen-bond acceptors (Lipinski definition) is 5. The summed E-state index contributed by atoms with van der Waals surface area (Å²) < 4.78 is 28.8. The molecule has 32 heavy (non-hydrogen) atoms. The van der Waals surface area contributed by atoms with E-state index >= 15 is 0 Å². The molecular formula is C22H19F2N5O2S. The molecule has 7 nitrogen and oxygen atoms in total. The number of halogens is 2. The molecule has 2 amide bonds. The number of imidazole rings is 1. The molecule has 0 spiro atoms. The first-order valence-electron chi connectivity index (χ1n) is 9.77. The van der Waals surface area contributed by atoms with E-state index in [0.29, 0.717) is 15.6 Å². The van der Waals surface area contributed by atoms with E-state index in [2.05, 4.69) is 15.4 Å². The highest BCUT2D eigenvalue weighted by Crippen LogP contribution is 2.33. The van der Waals surface area contributed by atoms with Gasteiger partial charge >= 0.3 is 0 Å². The number of anilines is 1. The smallest absolute Gasteiger partial charge is 0.271 e. The number of aryl methyl sites for hydroxylation is 1. The molecule has 1 aliphatic heterocycles. The van der Waals surface area contributed by atoms with Crippen LogP contribution < -0.4 is 5.32 Å². The highest BCUT2D eigenvalue weighted by molar-refractivity contribution is 7.99.